The third-order valence-corrected chi connectivity index (χ3v) is 5.48. The van der Waals surface area contributed by atoms with Crippen molar-refractivity contribution in [1.82, 2.24) is 15.0 Å². The number of aromatic nitrogens is 3. The van der Waals surface area contributed by atoms with Gasteiger partial charge in [-0.2, -0.15) is 9.97 Å². The number of halogens is 1. The quantitative estimate of drug-likeness (QED) is 0.536. The Morgan fingerprint density at radius 1 is 1.17 bits per heavy atom. The third-order valence-electron chi connectivity index (χ3n) is 5.21. The van der Waals surface area contributed by atoms with Crippen molar-refractivity contribution in [3.8, 4) is 11.9 Å². The number of nitrogens with one attached hydrogen (secondary N) is 1. The molecular formula is C20H20ClN3O6. The van der Waals surface area contributed by atoms with Crippen LogP contribution in [0.2, 0.25) is 5.02 Å². The molecule has 1 unspecified atom stereocenters. The Morgan fingerprint density at radius 2 is 1.97 bits per heavy atom. The topological polar surface area (TPSA) is 119 Å². The Bertz CT molecular complexity index is 1030. The van der Waals surface area contributed by atoms with Gasteiger partial charge in [-0.05, 0) is 11.6 Å². The van der Waals surface area contributed by atoms with Gasteiger partial charge in [0.1, 0.15) is 29.4 Å². The highest BCUT2D eigenvalue weighted by atomic mass is 35.5. The van der Waals surface area contributed by atoms with Crippen LogP contribution in [0.4, 0.5) is 0 Å². The summed E-state index contributed by atoms with van der Waals surface area (Å²) in [4.78, 5) is 11.7. The van der Waals surface area contributed by atoms with E-state index >= 15 is 0 Å². The molecule has 3 N–H and O–H groups in total. The number of imidazole rings is 1. The fraction of sp³-hybridized carbons (Fsp3) is 0.400. The Labute approximate surface area is 176 Å². The summed E-state index contributed by atoms with van der Waals surface area (Å²) in [6, 6.07) is 11.2. The first kappa shape index (κ1) is 19.5. The van der Waals surface area contributed by atoms with Crippen LogP contribution in [-0.2, 0) is 9.47 Å². The second-order valence-electron chi connectivity index (χ2n) is 7.21. The number of nitrogens with zero attached hydrogens (tertiary/aromatic N) is 2. The number of aromatic amines is 1. The minimum atomic E-state index is -0.650. The van der Waals surface area contributed by atoms with Crippen LogP contribution >= 0.6 is 11.6 Å². The highest BCUT2D eigenvalue weighted by Gasteiger charge is 2.48. The minimum absolute atomic E-state index is 0.164. The molecule has 0 radical (unpaired) electrons. The predicted molar refractivity (Wildman–Crippen MR) is 106 cm³/mol. The standard InChI is InChI=1S/C20H20ClN3O6/c21-11-6-12-18(23-19(11)29-14(7-25)10-4-2-1-3-5-10)24-20(22-12)30-15-9-28-16-13(26)8-27-17(15)16/h1-6,13-17,25-26H,7-9H2,(H,22,23,24)/t13-,14?,15-,16-,17-/m1/s1. The number of aliphatic hydroxyl groups excluding tert-OH is 2. The van der Waals surface area contributed by atoms with E-state index in [4.69, 9.17) is 30.5 Å². The molecule has 2 saturated heterocycles. The van der Waals surface area contributed by atoms with E-state index in [1.807, 2.05) is 30.3 Å². The van der Waals surface area contributed by atoms with Crippen molar-refractivity contribution in [2.75, 3.05) is 19.8 Å². The van der Waals surface area contributed by atoms with Crippen LogP contribution in [-0.4, -0.2) is 69.4 Å². The van der Waals surface area contributed by atoms with Crippen LogP contribution in [0.3, 0.4) is 0 Å². The fourth-order valence-electron chi connectivity index (χ4n) is 3.72. The van der Waals surface area contributed by atoms with E-state index < -0.39 is 18.3 Å². The molecule has 2 aliphatic rings. The highest BCUT2D eigenvalue weighted by molar-refractivity contribution is 6.32. The molecule has 1 aromatic carbocycles. The Balaban J connectivity index is 1.35. The second-order valence-corrected chi connectivity index (χ2v) is 7.61. The Kier molecular flexibility index (Phi) is 5.21. The number of hydrogen-bond donors (Lipinski definition) is 3. The number of H-pyrrole nitrogens is 1. The largest absolute Gasteiger partial charge is 0.466 e. The van der Waals surface area contributed by atoms with E-state index in [9.17, 15) is 10.2 Å². The molecule has 2 fully saturated rings. The summed E-state index contributed by atoms with van der Waals surface area (Å²) in [5.74, 6) is 0.164. The van der Waals surface area contributed by atoms with Crippen molar-refractivity contribution >= 4 is 22.8 Å². The molecule has 2 aliphatic heterocycles. The molecule has 5 rings (SSSR count). The van der Waals surface area contributed by atoms with E-state index in [0.717, 1.165) is 5.56 Å². The molecule has 10 heteroatoms. The lowest BCUT2D eigenvalue weighted by atomic mass is 10.1. The van der Waals surface area contributed by atoms with Gasteiger partial charge in [-0.25, -0.2) is 0 Å². The number of benzene rings is 1. The number of ether oxygens (including phenoxy) is 4. The number of rotatable bonds is 6. The zero-order valence-electron chi connectivity index (χ0n) is 15.8. The first-order valence-corrected chi connectivity index (χ1v) is 9.97. The Hall–Kier alpha value is -2.43. The maximum Gasteiger partial charge on any atom is 0.296 e. The maximum absolute atomic E-state index is 9.85. The van der Waals surface area contributed by atoms with E-state index in [1.165, 1.54) is 0 Å². The average molecular weight is 434 g/mol. The van der Waals surface area contributed by atoms with Gasteiger partial charge in [0.25, 0.3) is 6.01 Å². The smallest absolute Gasteiger partial charge is 0.296 e. The van der Waals surface area contributed by atoms with Crippen molar-refractivity contribution in [2.45, 2.75) is 30.5 Å². The molecule has 30 heavy (non-hydrogen) atoms. The molecule has 0 bridgehead atoms. The Morgan fingerprint density at radius 3 is 2.77 bits per heavy atom. The molecule has 0 aliphatic carbocycles. The lowest BCUT2D eigenvalue weighted by Gasteiger charge is -2.17. The van der Waals surface area contributed by atoms with Gasteiger partial charge in [0.2, 0.25) is 5.88 Å². The van der Waals surface area contributed by atoms with E-state index in [2.05, 4.69) is 15.0 Å². The van der Waals surface area contributed by atoms with E-state index in [0.29, 0.717) is 17.8 Å². The first-order chi connectivity index (χ1) is 14.6. The number of aliphatic hydroxyl groups is 2. The molecule has 0 amide bonds. The third kappa shape index (κ3) is 3.59. The summed E-state index contributed by atoms with van der Waals surface area (Å²) in [5.41, 5.74) is 1.74. The van der Waals surface area contributed by atoms with Crippen LogP contribution in [0.5, 0.6) is 11.9 Å². The van der Waals surface area contributed by atoms with Gasteiger partial charge in [0.05, 0.1) is 25.3 Å². The predicted octanol–water partition coefficient (Wildman–Crippen LogP) is 1.63. The summed E-state index contributed by atoms with van der Waals surface area (Å²) in [6.45, 7) is 0.285. The van der Waals surface area contributed by atoms with Crippen molar-refractivity contribution in [3.63, 3.8) is 0 Å². The van der Waals surface area contributed by atoms with Crippen molar-refractivity contribution in [2.24, 2.45) is 0 Å². The number of fused-ring (bicyclic) bond motifs is 2. The summed E-state index contributed by atoms with van der Waals surface area (Å²) in [5, 5.41) is 19.8. The summed E-state index contributed by atoms with van der Waals surface area (Å²) >= 11 is 6.33. The van der Waals surface area contributed by atoms with Crippen molar-refractivity contribution in [3.05, 3.63) is 47.0 Å². The molecule has 4 heterocycles. The molecule has 0 spiro atoms. The van der Waals surface area contributed by atoms with Crippen LogP contribution in [0, 0.1) is 0 Å². The van der Waals surface area contributed by atoms with E-state index in [1.54, 1.807) is 6.07 Å². The zero-order chi connectivity index (χ0) is 20.7. The van der Waals surface area contributed by atoms with Gasteiger partial charge >= 0.3 is 0 Å². The number of pyridine rings is 1. The lowest BCUT2D eigenvalue weighted by molar-refractivity contribution is 0.00706. The first-order valence-electron chi connectivity index (χ1n) is 9.59. The van der Waals surface area contributed by atoms with Gasteiger partial charge < -0.3 is 34.1 Å². The van der Waals surface area contributed by atoms with Gasteiger partial charge in [-0.1, -0.05) is 41.9 Å². The average Bonchev–Trinajstić information content (AvgIpc) is 3.44. The van der Waals surface area contributed by atoms with Crippen molar-refractivity contribution in [1.29, 1.82) is 0 Å². The maximum atomic E-state index is 9.85. The van der Waals surface area contributed by atoms with E-state index in [-0.39, 0.29) is 42.3 Å². The molecule has 158 valence electrons. The van der Waals surface area contributed by atoms with Gasteiger partial charge in [0.15, 0.2) is 11.8 Å². The molecule has 9 nitrogen and oxygen atoms in total. The van der Waals surface area contributed by atoms with Crippen LogP contribution in [0.1, 0.15) is 11.7 Å². The normalized spacial score (nSPS) is 26.6. The minimum Gasteiger partial charge on any atom is -0.466 e. The summed E-state index contributed by atoms with van der Waals surface area (Å²) in [7, 11) is 0. The lowest BCUT2D eigenvalue weighted by Crippen LogP contribution is -2.34. The molecule has 2 aromatic heterocycles. The molecular weight excluding hydrogens is 414 g/mol. The van der Waals surface area contributed by atoms with Gasteiger partial charge in [0, 0.05) is 0 Å². The fourth-order valence-corrected chi connectivity index (χ4v) is 3.92. The molecule has 0 saturated carbocycles. The molecule has 3 aromatic rings. The zero-order valence-corrected chi connectivity index (χ0v) is 16.5. The van der Waals surface area contributed by atoms with Gasteiger partial charge in [-0.15, -0.1) is 0 Å². The van der Waals surface area contributed by atoms with Crippen LogP contribution < -0.4 is 9.47 Å². The summed E-state index contributed by atoms with van der Waals surface area (Å²) in [6.07, 6.45) is -2.39. The highest BCUT2D eigenvalue weighted by Crippen LogP contribution is 2.32. The monoisotopic (exact) mass is 433 g/mol. The van der Waals surface area contributed by atoms with Crippen molar-refractivity contribution < 1.29 is 29.2 Å². The number of hydrogen-bond acceptors (Lipinski definition) is 8. The van der Waals surface area contributed by atoms with Crippen LogP contribution in [0.15, 0.2) is 36.4 Å². The summed E-state index contributed by atoms with van der Waals surface area (Å²) < 4.78 is 22.9. The second kappa shape index (κ2) is 8.01. The van der Waals surface area contributed by atoms with Gasteiger partial charge in [-0.3, -0.25) is 0 Å². The van der Waals surface area contributed by atoms with Crippen LogP contribution in [0.25, 0.3) is 11.2 Å². The molecule has 5 atom stereocenters. The SMILES string of the molecule is OCC(Oc1nc2nc(O[C@@H]3CO[C@H]4[C@@H]3OC[C@H]4O)[nH]c2cc1Cl)c1ccccc1.